The molecule has 0 spiro atoms. The van der Waals surface area contributed by atoms with Crippen LogP contribution in [0.2, 0.25) is 5.15 Å². The molecule has 1 heterocycles. The molecule has 0 fully saturated rings. The largest absolute Gasteiger partial charge is 0.159 e. The fraction of sp³-hybridized carbons (Fsp3) is 0.200. The quantitative estimate of drug-likeness (QED) is 0.695. The summed E-state index contributed by atoms with van der Waals surface area (Å²) in [6.45, 7) is 4.03. The highest BCUT2D eigenvalue weighted by atomic mass is 127. The van der Waals surface area contributed by atoms with Gasteiger partial charge in [-0.1, -0.05) is 23.7 Å². The van der Waals surface area contributed by atoms with Gasteiger partial charge in [0.25, 0.3) is 0 Å². The molecule has 0 bridgehead atoms. The highest BCUT2D eigenvalue weighted by molar-refractivity contribution is 14.1. The molecule has 4 heteroatoms. The van der Waals surface area contributed by atoms with Crippen LogP contribution in [0, 0.1) is 17.4 Å². The summed E-state index contributed by atoms with van der Waals surface area (Å²) in [5, 5.41) is 10.5. The molecule has 0 saturated heterocycles. The molecule has 72 valence electrons. The summed E-state index contributed by atoms with van der Waals surface area (Å²) in [6.07, 6.45) is 0. The Morgan fingerprint density at radius 1 is 1.21 bits per heavy atom. The Balaban J connectivity index is 3.01. The van der Waals surface area contributed by atoms with Crippen LogP contribution in [0.15, 0.2) is 12.1 Å². The molecule has 0 aliphatic carbocycles. The lowest BCUT2D eigenvalue weighted by molar-refractivity contribution is 1.00. The summed E-state index contributed by atoms with van der Waals surface area (Å²) in [7, 11) is 0. The zero-order chi connectivity index (χ0) is 10.3. The van der Waals surface area contributed by atoms with Crippen molar-refractivity contribution in [2.75, 3.05) is 0 Å². The number of rotatable bonds is 0. The number of hydrogen-bond donors (Lipinski definition) is 0. The number of hydrogen-bond acceptors (Lipinski definition) is 2. The van der Waals surface area contributed by atoms with Crippen molar-refractivity contribution in [3.63, 3.8) is 0 Å². The van der Waals surface area contributed by atoms with Crippen LogP contribution in [0.25, 0.3) is 10.8 Å². The highest BCUT2D eigenvalue weighted by Gasteiger charge is 2.09. The van der Waals surface area contributed by atoms with Crippen LogP contribution < -0.4 is 0 Å². The molecule has 14 heavy (non-hydrogen) atoms. The Kier molecular flexibility index (Phi) is 2.62. The third-order valence-corrected chi connectivity index (χ3v) is 3.88. The van der Waals surface area contributed by atoms with Gasteiger partial charge < -0.3 is 0 Å². The third-order valence-electron chi connectivity index (χ3n) is 2.21. The molecule has 0 radical (unpaired) electrons. The molecule has 0 unspecified atom stereocenters. The van der Waals surface area contributed by atoms with E-state index < -0.39 is 0 Å². The predicted molar refractivity (Wildman–Crippen MR) is 66.7 cm³/mol. The van der Waals surface area contributed by atoms with Crippen molar-refractivity contribution in [2.45, 2.75) is 13.8 Å². The minimum absolute atomic E-state index is 0.475. The smallest absolute Gasteiger partial charge is 0.154 e. The first-order chi connectivity index (χ1) is 6.61. The van der Waals surface area contributed by atoms with Gasteiger partial charge >= 0.3 is 0 Å². The standard InChI is InChI=1S/C10H8ClIN2/c1-5-3-4-7-8(9(5)12)6(2)13-14-10(7)11/h3-4H,1-2H3. The molecule has 0 amide bonds. The van der Waals surface area contributed by atoms with Gasteiger partial charge in [0, 0.05) is 14.3 Å². The molecule has 0 atom stereocenters. The number of benzene rings is 1. The second kappa shape index (κ2) is 3.62. The molecule has 0 aliphatic heterocycles. The lowest BCUT2D eigenvalue weighted by Gasteiger charge is -2.06. The van der Waals surface area contributed by atoms with Crippen molar-refractivity contribution in [2.24, 2.45) is 0 Å². The van der Waals surface area contributed by atoms with Crippen LogP contribution in [0.3, 0.4) is 0 Å². The first-order valence-corrected chi connectivity index (χ1v) is 5.64. The summed E-state index contributed by atoms with van der Waals surface area (Å²) in [5.74, 6) is 0. The zero-order valence-corrected chi connectivity index (χ0v) is 10.7. The molecule has 1 aromatic heterocycles. The summed E-state index contributed by atoms with van der Waals surface area (Å²) in [6, 6.07) is 4.05. The maximum atomic E-state index is 5.98. The minimum atomic E-state index is 0.475. The fourth-order valence-electron chi connectivity index (χ4n) is 1.43. The maximum absolute atomic E-state index is 5.98. The molecular weight excluding hydrogens is 310 g/mol. The predicted octanol–water partition coefficient (Wildman–Crippen LogP) is 3.50. The summed E-state index contributed by atoms with van der Waals surface area (Å²) in [5.41, 5.74) is 2.17. The molecule has 0 saturated carbocycles. The molecular formula is C10H8ClIN2. The molecule has 0 N–H and O–H groups in total. The SMILES string of the molecule is Cc1ccc2c(Cl)nnc(C)c2c1I. The van der Waals surface area contributed by atoms with Crippen LogP contribution in [0.1, 0.15) is 11.3 Å². The van der Waals surface area contributed by atoms with Gasteiger partial charge in [-0.15, -0.1) is 5.10 Å². The van der Waals surface area contributed by atoms with E-state index in [0.29, 0.717) is 5.15 Å². The van der Waals surface area contributed by atoms with Crippen molar-refractivity contribution in [1.82, 2.24) is 10.2 Å². The Hall–Kier alpha value is -0.420. The highest BCUT2D eigenvalue weighted by Crippen LogP contribution is 2.28. The molecule has 2 rings (SSSR count). The van der Waals surface area contributed by atoms with Crippen molar-refractivity contribution in [3.05, 3.63) is 32.1 Å². The summed E-state index contributed by atoms with van der Waals surface area (Å²) >= 11 is 8.29. The normalized spacial score (nSPS) is 10.9. The van der Waals surface area contributed by atoms with Gasteiger partial charge in [0.1, 0.15) is 0 Å². The second-order valence-corrected chi connectivity index (χ2v) is 4.63. The first-order valence-electron chi connectivity index (χ1n) is 4.19. The van der Waals surface area contributed by atoms with E-state index >= 15 is 0 Å². The summed E-state index contributed by atoms with van der Waals surface area (Å²) in [4.78, 5) is 0. The Morgan fingerprint density at radius 2 is 1.93 bits per heavy atom. The van der Waals surface area contributed by atoms with Gasteiger partial charge in [0.2, 0.25) is 0 Å². The van der Waals surface area contributed by atoms with E-state index in [2.05, 4.69) is 45.8 Å². The van der Waals surface area contributed by atoms with E-state index in [1.54, 1.807) is 0 Å². The van der Waals surface area contributed by atoms with Crippen molar-refractivity contribution < 1.29 is 0 Å². The molecule has 1 aromatic carbocycles. The monoisotopic (exact) mass is 318 g/mol. The number of fused-ring (bicyclic) bond motifs is 1. The fourth-order valence-corrected chi connectivity index (χ4v) is 2.48. The number of halogens is 2. The second-order valence-electron chi connectivity index (χ2n) is 3.20. The lowest BCUT2D eigenvalue weighted by Crippen LogP contribution is -1.93. The first kappa shape index (κ1) is 10.1. The van der Waals surface area contributed by atoms with Crippen molar-refractivity contribution >= 4 is 45.0 Å². The van der Waals surface area contributed by atoms with E-state index in [-0.39, 0.29) is 0 Å². The summed E-state index contributed by atoms with van der Waals surface area (Å²) < 4.78 is 1.20. The van der Waals surface area contributed by atoms with Gasteiger partial charge in [-0.25, -0.2) is 0 Å². The van der Waals surface area contributed by atoms with E-state index in [4.69, 9.17) is 11.6 Å². The maximum Gasteiger partial charge on any atom is 0.159 e. The number of aromatic nitrogens is 2. The van der Waals surface area contributed by atoms with E-state index in [9.17, 15) is 0 Å². The average Bonchev–Trinajstić information content (AvgIpc) is 2.16. The number of nitrogens with zero attached hydrogens (tertiary/aromatic N) is 2. The lowest BCUT2D eigenvalue weighted by atomic mass is 10.1. The van der Waals surface area contributed by atoms with Crippen LogP contribution in [0.5, 0.6) is 0 Å². The minimum Gasteiger partial charge on any atom is -0.154 e. The van der Waals surface area contributed by atoms with E-state index in [1.165, 1.54) is 9.13 Å². The van der Waals surface area contributed by atoms with Gasteiger partial charge in [-0.05, 0) is 42.0 Å². The van der Waals surface area contributed by atoms with Crippen LogP contribution in [0.4, 0.5) is 0 Å². The Morgan fingerprint density at radius 3 is 2.64 bits per heavy atom. The third kappa shape index (κ3) is 1.48. The van der Waals surface area contributed by atoms with E-state index in [1.807, 2.05) is 13.0 Å². The molecule has 0 aliphatic rings. The van der Waals surface area contributed by atoms with Crippen LogP contribution >= 0.6 is 34.2 Å². The van der Waals surface area contributed by atoms with Gasteiger partial charge in [-0.2, -0.15) is 5.10 Å². The van der Waals surface area contributed by atoms with Gasteiger partial charge in [-0.3, -0.25) is 0 Å². The van der Waals surface area contributed by atoms with Crippen LogP contribution in [-0.2, 0) is 0 Å². The topological polar surface area (TPSA) is 25.8 Å². The van der Waals surface area contributed by atoms with Crippen molar-refractivity contribution in [1.29, 1.82) is 0 Å². The van der Waals surface area contributed by atoms with Gasteiger partial charge in [0.05, 0.1) is 5.69 Å². The Bertz CT molecular complexity index is 511. The Labute approximate surface area is 101 Å². The van der Waals surface area contributed by atoms with Gasteiger partial charge in [0.15, 0.2) is 5.15 Å². The van der Waals surface area contributed by atoms with E-state index in [0.717, 1.165) is 16.5 Å². The molecule has 2 nitrogen and oxygen atoms in total. The van der Waals surface area contributed by atoms with Crippen LogP contribution in [-0.4, -0.2) is 10.2 Å². The number of aryl methyl sites for hydroxylation is 2. The average molecular weight is 319 g/mol. The molecule has 2 aromatic rings. The van der Waals surface area contributed by atoms with Crippen molar-refractivity contribution in [3.8, 4) is 0 Å². The zero-order valence-electron chi connectivity index (χ0n) is 7.81.